The highest BCUT2D eigenvalue weighted by Gasteiger charge is 2.19. The summed E-state index contributed by atoms with van der Waals surface area (Å²) in [6, 6.07) is 9.46. The lowest BCUT2D eigenvalue weighted by molar-refractivity contribution is -0.134. The molecule has 15 heavy (non-hydrogen) atoms. The van der Waals surface area contributed by atoms with Crippen LogP contribution in [0, 0.1) is 0 Å². The van der Waals surface area contributed by atoms with Gasteiger partial charge in [-0.1, -0.05) is 30.3 Å². The summed E-state index contributed by atoms with van der Waals surface area (Å²) in [4.78, 5) is 11.7. The van der Waals surface area contributed by atoms with Crippen LogP contribution in [0.4, 0.5) is 0 Å². The lowest BCUT2D eigenvalue weighted by Crippen LogP contribution is -2.20. The van der Waals surface area contributed by atoms with Gasteiger partial charge in [0, 0.05) is 13.7 Å². The van der Waals surface area contributed by atoms with Crippen molar-refractivity contribution in [2.24, 2.45) is 0 Å². The van der Waals surface area contributed by atoms with Gasteiger partial charge < -0.3 is 9.47 Å². The number of carbonyl (C=O) groups is 1. The minimum absolute atomic E-state index is 0.0504. The summed E-state index contributed by atoms with van der Waals surface area (Å²) in [7, 11) is 1.51. The number of ketones is 1. The highest BCUT2D eigenvalue weighted by Crippen LogP contribution is 2.18. The molecule has 0 aromatic heterocycles. The summed E-state index contributed by atoms with van der Waals surface area (Å²) >= 11 is 0. The predicted octanol–water partition coefficient (Wildman–Crippen LogP) is 1.98. The summed E-state index contributed by atoms with van der Waals surface area (Å²) < 4.78 is 10.2. The molecule has 1 aromatic rings. The zero-order valence-corrected chi connectivity index (χ0v) is 9.10. The topological polar surface area (TPSA) is 35.5 Å². The molecule has 1 atom stereocenters. The molecular formula is C12H16O3. The van der Waals surface area contributed by atoms with E-state index in [1.54, 1.807) is 0 Å². The number of benzene rings is 1. The monoisotopic (exact) mass is 208 g/mol. The van der Waals surface area contributed by atoms with Gasteiger partial charge >= 0.3 is 0 Å². The van der Waals surface area contributed by atoms with Crippen LogP contribution in [0.2, 0.25) is 0 Å². The molecule has 82 valence electrons. The molecule has 0 saturated heterocycles. The van der Waals surface area contributed by atoms with Crippen molar-refractivity contribution in [3.63, 3.8) is 0 Å². The summed E-state index contributed by atoms with van der Waals surface area (Å²) in [5, 5.41) is 0. The fraction of sp³-hybridized carbons (Fsp3) is 0.417. The van der Waals surface area contributed by atoms with Gasteiger partial charge in [0.1, 0.15) is 12.7 Å². The molecule has 0 aliphatic heterocycles. The molecule has 0 spiro atoms. The molecular weight excluding hydrogens is 192 g/mol. The number of hydrogen-bond donors (Lipinski definition) is 0. The maximum absolute atomic E-state index is 11.7. The molecule has 1 rings (SSSR count). The number of carbonyl (C=O) groups excluding carboxylic acids is 1. The van der Waals surface area contributed by atoms with Crippen LogP contribution in [0.25, 0.3) is 0 Å². The molecule has 0 bridgehead atoms. The third-order valence-electron chi connectivity index (χ3n) is 2.01. The van der Waals surface area contributed by atoms with Crippen LogP contribution in [0.5, 0.6) is 0 Å². The molecule has 0 amide bonds. The largest absolute Gasteiger partial charge is 0.377 e. The number of rotatable bonds is 6. The van der Waals surface area contributed by atoms with E-state index in [0.717, 1.165) is 5.56 Å². The molecule has 3 heteroatoms. The van der Waals surface area contributed by atoms with E-state index in [0.29, 0.717) is 6.61 Å². The minimum Gasteiger partial charge on any atom is -0.377 e. The second-order valence-electron chi connectivity index (χ2n) is 3.15. The first kappa shape index (κ1) is 11.9. The van der Waals surface area contributed by atoms with Crippen LogP contribution in [0.15, 0.2) is 30.3 Å². The fourth-order valence-corrected chi connectivity index (χ4v) is 1.39. The molecule has 0 aliphatic rings. The van der Waals surface area contributed by atoms with Crippen LogP contribution >= 0.6 is 0 Å². The first-order chi connectivity index (χ1) is 7.29. The molecule has 0 N–H and O–H groups in total. The molecule has 1 aromatic carbocycles. The van der Waals surface area contributed by atoms with Gasteiger partial charge in [-0.2, -0.15) is 0 Å². The maximum atomic E-state index is 11.7. The van der Waals surface area contributed by atoms with Crippen molar-refractivity contribution in [2.75, 3.05) is 20.3 Å². The van der Waals surface area contributed by atoms with E-state index in [1.165, 1.54) is 7.11 Å². The Morgan fingerprint density at radius 1 is 1.33 bits per heavy atom. The van der Waals surface area contributed by atoms with Crippen molar-refractivity contribution >= 4 is 5.78 Å². The Hall–Kier alpha value is -1.19. The second-order valence-corrected chi connectivity index (χ2v) is 3.15. The fourth-order valence-electron chi connectivity index (χ4n) is 1.39. The van der Waals surface area contributed by atoms with Crippen molar-refractivity contribution in [1.82, 2.24) is 0 Å². The van der Waals surface area contributed by atoms with Gasteiger partial charge in [0.2, 0.25) is 0 Å². The third-order valence-corrected chi connectivity index (χ3v) is 2.01. The van der Waals surface area contributed by atoms with E-state index < -0.39 is 6.10 Å². The van der Waals surface area contributed by atoms with E-state index in [1.807, 2.05) is 37.3 Å². The van der Waals surface area contributed by atoms with E-state index in [-0.39, 0.29) is 12.4 Å². The average molecular weight is 208 g/mol. The van der Waals surface area contributed by atoms with Gasteiger partial charge in [0.05, 0.1) is 0 Å². The Bertz CT molecular complexity index is 295. The Labute approximate surface area is 90.0 Å². The molecule has 0 radical (unpaired) electrons. The normalized spacial score (nSPS) is 12.4. The van der Waals surface area contributed by atoms with E-state index in [2.05, 4.69) is 0 Å². The van der Waals surface area contributed by atoms with Gasteiger partial charge in [0.15, 0.2) is 5.78 Å². The highest BCUT2D eigenvalue weighted by molar-refractivity contribution is 5.85. The van der Waals surface area contributed by atoms with Gasteiger partial charge in [-0.05, 0) is 12.5 Å². The zero-order chi connectivity index (χ0) is 11.1. The Morgan fingerprint density at radius 2 is 2.00 bits per heavy atom. The summed E-state index contributed by atoms with van der Waals surface area (Å²) in [6.07, 6.45) is -0.504. The molecule has 0 fully saturated rings. The van der Waals surface area contributed by atoms with Gasteiger partial charge in [-0.15, -0.1) is 0 Å². The first-order valence-electron chi connectivity index (χ1n) is 4.97. The third kappa shape index (κ3) is 3.46. The van der Waals surface area contributed by atoms with Gasteiger partial charge in [-0.3, -0.25) is 4.79 Å². The molecule has 1 unspecified atom stereocenters. The Balaban J connectivity index is 2.78. The van der Waals surface area contributed by atoms with Crippen LogP contribution < -0.4 is 0 Å². The van der Waals surface area contributed by atoms with E-state index in [4.69, 9.17) is 9.47 Å². The van der Waals surface area contributed by atoms with Crippen LogP contribution in [0.1, 0.15) is 18.6 Å². The van der Waals surface area contributed by atoms with E-state index >= 15 is 0 Å². The molecule has 0 saturated carbocycles. The predicted molar refractivity (Wildman–Crippen MR) is 57.7 cm³/mol. The average Bonchev–Trinajstić information content (AvgIpc) is 2.27. The minimum atomic E-state index is -0.504. The maximum Gasteiger partial charge on any atom is 0.191 e. The Kier molecular flexibility index (Phi) is 5.01. The summed E-state index contributed by atoms with van der Waals surface area (Å²) in [5.41, 5.74) is 0.876. The van der Waals surface area contributed by atoms with Gasteiger partial charge in [-0.25, -0.2) is 0 Å². The lowest BCUT2D eigenvalue weighted by atomic mass is 10.1. The van der Waals surface area contributed by atoms with Crippen LogP contribution in [0.3, 0.4) is 0 Å². The smallest absolute Gasteiger partial charge is 0.191 e. The summed E-state index contributed by atoms with van der Waals surface area (Å²) in [5.74, 6) is -0.0504. The van der Waals surface area contributed by atoms with E-state index in [9.17, 15) is 4.79 Å². The van der Waals surface area contributed by atoms with Crippen LogP contribution in [-0.4, -0.2) is 26.1 Å². The van der Waals surface area contributed by atoms with Crippen molar-refractivity contribution in [3.05, 3.63) is 35.9 Å². The number of ether oxygens (including phenoxy) is 2. The number of methoxy groups -OCH3 is 1. The zero-order valence-electron chi connectivity index (χ0n) is 9.10. The van der Waals surface area contributed by atoms with Crippen molar-refractivity contribution in [2.45, 2.75) is 13.0 Å². The summed E-state index contributed by atoms with van der Waals surface area (Å²) in [6.45, 7) is 2.46. The second kappa shape index (κ2) is 6.32. The molecule has 3 nitrogen and oxygen atoms in total. The molecule has 0 aliphatic carbocycles. The lowest BCUT2D eigenvalue weighted by Gasteiger charge is -2.15. The van der Waals surface area contributed by atoms with Gasteiger partial charge in [0.25, 0.3) is 0 Å². The van der Waals surface area contributed by atoms with Crippen LogP contribution in [-0.2, 0) is 14.3 Å². The standard InChI is InChI=1S/C12H16O3/c1-3-15-12(11(13)9-14-2)10-7-5-4-6-8-10/h4-8,12H,3,9H2,1-2H3. The van der Waals surface area contributed by atoms with Crippen molar-refractivity contribution in [1.29, 1.82) is 0 Å². The first-order valence-corrected chi connectivity index (χ1v) is 4.97. The van der Waals surface area contributed by atoms with Crippen molar-refractivity contribution in [3.8, 4) is 0 Å². The number of hydrogen-bond acceptors (Lipinski definition) is 3. The quantitative estimate of drug-likeness (QED) is 0.717. The SMILES string of the molecule is CCOC(C(=O)COC)c1ccccc1. The Morgan fingerprint density at radius 3 is 2.53 bits per heavy atom. The molecule has 0 heterocycles. The number of Topliss-reactive ketones (excluding diaryl/α,β-unsaturated/α-hetero) is 1. The van der Waals surface area contributed by atoms with Crippen molar-refractivity contribution < 1.29 is 14.3 Å². The highest BCUT2D eigenvalue weighted by atomic mass is 16.5.